The van der Waals surface area contributed by atoms with Crippen LogP contribution in [0.1, 0.15) is 34.1 Å². The van der Waals surface area contributed by atoms with Gasteiger partial charge in [0.2, 0.25) is 0 Å². The van der Waals surface area contributed by atoms with E-state index in [0.717, 1.165) is 6.42 Å². The molecule has 0 radical (unpaired) electrons. The number of esters is 1. The summed E-state index contributed by atoms with van der Waals surface area (Å²) >= 11 is 0. The second-order valence-corrected chi connectivity index (χ2v) is 5.30. The third-order valence-corrected chi connectivity index (χ3v) is 3.81. The van der Waals surface area contributed by atoms with Crippen LogP contribution in [0.4, 0.5) is 0 Å². The van der Waals surface area contributed by atoms with Gasteiger partial charge in [-0.1, -0.05) is 0 Å². The third kappa shape index (κ3) is 1.54. The minimum absolute atomic E-state index is 0.0208. The van der Waals surface area contributed by atoms with Gasteiger partial charge in [0.05, 0.1) is 13.0 Å². The highest BCUT2D eigenvalue weighted by Crippen LogP contribution is 2.43. The number of hydrogen-bond acceptors (Lipinski definition) is 3. The summed E-state index contributed by atoms with van der Waals surface area (Å²) in [6, 6.07) is 0. The number of rotatable bonds is 1. The van der Waals surface area contributed by atoms with Crippen molar-refractivity contribution in [2.75, 3.05) is 14.2 Å². The van der Waals surface area contributed by atoms with Crippen molar-refractivity contribution in [1.29, 1.82) is 0 Å². The lowest BCUT2D eigenvalue weighted by Crippen LogP contribution is -2.48. The molecule has 1 saturated heterocycles. The smallest absolute Gasteiger partial charge is 0.310 e. The van der Waals surface area contributed by atoms with Gasteiger partial charge in [-0.15, -0.1) is 0 Å². The van der Waals surface area contributed by atoms with Crippen molar-refractivity contribution in [2.45, 2.75) is 45.2 Å². The van der Waals surface area contributed by atoms with Crippen LogP contribution in [0.5, 0.6) is 0 Å². The van der Waals surface area contributed by atoms with Crippen molar-refractivity contribution >= 4 is 5.97 Å². The van der Waals surface area contributed by atoms with Crippen LogP contribution in [0.3, 0.4) is 0 Å². The zero-order valence-corrected chi connectivity index (χ0v) is 10.0. The van der Waals surface area contributed by atoms with E-state index in [1.165, 1.54) is 7.11 Å². The van der Waals surface area contributed by atoms with Gasteiger partial charge in [-0.25, -0.2) is 0 Å². The molecule has 0 aromatic carbocycles. The van der Waals surface area contributed by atoms with Gasteiger partial charge >= 0.3 is 5.97 Å². The quantitative estimate of drug-likeness (QED) is 0.602. The van der Waals surface area contributed by atoms with Gasteiger partial charge in [-0.3, -0.25) is 9.69 Å². The minimum atomic E-state index is -0.114. The lowest BCUT2D eigenvalue weighted by molar-refractivity contribution is -0.147. The molecule has 1 heterocycles. The van der Waals surface area contributed by atoms with E-state index in [4.69, 9.17) is 4.74 Å². The summed E-state index contributed by atoms with van der Waals surface area (Å²) in [5.74, 6) is -0.111. The molecule has 0 aromatic heterocycles. The van der Waals surface area contributed by atoms with Crippen LogP contribution in [0.25, 0.3) is 0 Å². The first-order valence-electron chi connectivity index (χ1n) is 5.05. The van der Waals surface area contributed by atoms with Crippen LogP contribution in [0.2, 0.25) is 0 Å². The van der Waals surface area contributed by atoms with E-state index in [2.05, 4.69) is 39.6 Å². The SMILES string of the molecule is COC(=O)C1CC(C)(C)N(C)C1(C)C. The van der Waals surface area contributed by atoms with E-state index in [9.17, 15) is 4.79 Å². The molecule has 1 rings (SSSR count). The summed E-state index contributed by atoms with van der Waals surface area (Å²) in [6.45, 7) is 8.53. The number of carbonyl (C=O) groups excluding carboxylic acids is 1. The minimum Gasteiger partial charge on any atom is -0.469 e. The Kier molecular flexibility index (Phi) is 2.65. The molecule has 3 nitrogen and oxygen atoms in total. The van der Waals surface area contributed by atoms with Gasteiger partial charge in [0.25, 0.3) is 0 Å². The fourth-order valence-electron chi connectivity index (χ4n) is 2.41. The fourth-order valence-corrected chi connectivity index (χ4v) is 2.41. The van der Waals surface area contributed by atoms with Crippen LogP contribution in [-0.4, -0.2) is 36.1 Å². The van der Waals surface area contributed by atoms with E-state index < -0.39 is 0 Å². The Morgan fingerprint density at radius 1 is 1.36 bits per heavy atom. The molecular weight excluding hydrogens is 178 g/mol. The van der Waals surface area contributed by atoms with Crippen LogP contribution < -0.4 is 0 Å². The predicted molar refractivity (Wildman–Crippen MR) is 56.0 cm³/mol. The zero-order chi connectivity index (χ0) is 11.1. The molecule has 0 bridgehead atoms. The normalized spacial score (nSPS) is 30.3. The molecule has 0 amide bonds. The Bertz CT molecular complexity index is 246. The Morgan fingerprint density at radius 2 is 1.86 bits per heavy atom. The molecule has 0 aliphatic carbocycles. The number of methoxy groups -OCH3 is 1. The molecular formula is C11H21NO2. The molecule has 1 aliphatic heterocycles. The highest BCUT2D eigenvalue weighted by Gasteiger charge is 2.52. The summed E-state index contributed by atoms with van der Waals surface area (Å²) < 4.78 is 4.85. The van der Waals surface area contributed by atoms with Gasteiger partial charge in [-0.05, 0) is 41.2 Å². The molecule has 1 aliphatic rings. The molecule has 82 valence electrons. The van der Waals surface area contributed by atoms with E-state index in [0.29, 0.717) is 0 Å². The molecule has 14 heavy (non-hydrogen) atoms. The fraction of sp³-hybridized carbons (Fsp3) is 0.909. The molecule has 1 atom stereocenters. The highest BCUT2D eigenvalue weighted by atomic mass is 16.5. The van der Waals surface area contributed by atoms with Gasteiger partial charge in [0.1, 0.15) is 0 Å². The summed E-state index contributed by atoms with van der Waals surface area (Å²) in [5, 5.41) is 0. The molecule has 1 fully saturated rings. The number of hydrogen-bond donors (Lipinski definition) is 0. The van der Waals surface area contributed by atoms with Crippen LogP contribution in [-0.2, 0) is 9.53 Å². The van der Waals surface area contributed by atoms with E-state index in [-0.39, 0.29) is 23.0 Å². The van der Waals surface area contributed by atoms with Gasteiger partial charge in [0.15, 0.2) is 0 Å². The zero-order valence-electron chi connectivity index (χ0n) is 10.0. The van der Waals surface area contributed by atoms with Crippen molar-refractivity contribution in [3.8, 4) is 0 Å². The van der Waals surface area contributed by atoms with Crippen LogP contribution in [0, 0.1) is 5.92 Å². The Morgan fingerprint density at radius 3 is 2.14 bits per heavy atom. The molecule has 0 N–H and O–H groups in total. The highest BCUT2D eigenvalue weighted by molar-refractivity contribution is 5.74. The second-order valence-electron chi connectivity index (χ2n) is 5.30. The first-order chi connectivity index (χ1) is 6.23. The monoisotopic (exact) mass is 199 g/mol. The summed E-state index contributed by atoms with van der Waals surface area (Å²) in [4.78, 5) is 13.9. The second kappa shape index (κ2) is 3.23. The van der Waals surface area contributed by atoms with Crippen molar-refractivity contribution in [3.05, 3.63) is 0 Å². The molecule has 3 heteroatoms. The summed E-state index contributed by atoms with van der Waals surface area (Å²) in [6.07, 6.45) is 0.864. The summed E-state index contributed by atoms with van der Waals surface area (Å²) in [5.41, 5.74) is -0.0427. The van der Waals surface area contributed by atoms with Crippen molar-refractivity contribution in [2.24, 2.45) is 5.92 Å². The van der Waals surface area contributed by atoms with E-state index in [1.807, 2.05) is 0 Å². The molecule has 0 aromatic rings. The maximum absolute atomic E-state index is 11.6. The van der Waals surface area contributed by atoms with Crippen LogP contribution in [0.15, 0.2) is 0 Å². The maximum atomic E-state index is 11.6. The van der Waals surface area contributed by atoms with Crippen molar-refractivity contribution in [1.82, 2.24) is 4.90 Å². The predicted octanol–water partition coefficient (Wildman–Crippen LogP) is 1.67. The number of carbonyl (C=O) groups is 1. The van der Waals surface area contributed by atoms with Crippen molar-refractivity contribution < 1.29 is 9.53 Å². The van der Waals surface area contributed by atoms with E-state index in [1.54, 1.807) is 0 Å². The topological polar surface area (TPSA) is 29.5 Å². The third-order valence-electron chi connectivity index (χ3n) is 3.81. The van der Waals surface area contributed by atoms with Gasteiger partial charge in [-0.2, -0.15) is 0 Å². The number of likely N-dealkylation sites (tertiary alicyclic amines) is 1. The molecule has 1 unspecified atom stereocenters. The van der Waals surface area contributed by atoms with Crippen LogP contribution >= 0.6 is 0 Å². The first-order valence-corrected chi connectivity index (χ1v) is 5.05. The molecule has 0 spiro atoms. The average molecular weight is 199 g/mol. The largest absolute Gasteiger partial charge is 0.469 e. The molecule has 0 saturated carbocycles. The Labute approximate surface area is 86.4 Å². The van der Waals surface area contributed by atoms with Gasteiger partial charge in [0, 0.05) is 11.1 Å². The Balaban J connectivity index is 2.97. The maximum Gasteiger partial charge on any atom is 0.310 e. The summed E-state index contributed by atoms with van der Waals surface area (Å²) in [7, 11) is 3.53. The average Bonchev–Trinajstić information content (AvgIpc) is 2.25. The first kappa shape index (κ1) is 11.5. The lowest BCUT2D eigenvalue weighted by Gasteiger charge is -2.37. The number of ether oxygens (including phenoxy) is 1. The van der Waals surface area contributed by atoms with Crippen molar-refractivity contribution in [3.63, 3.8) is 0 Å². The Hall–Kier alpha value is -0.570. The van der Waals surface area contributed by atoms with E-state index >= 15 is 0 Å². The number of nitrogens with zero attached hydrogens (tertiary/aromatic N) is 1. The lowest BCUT2D eigenvalue weighted by atomic mass is 9.87. The standard InChI is InChI=1S/C11H21NO2/c1-10(2)7-8(9(13)14-6)11(3,4)12(10)5/h8H,7H2,1-6H3. The van der Waals surface area contributed by atoms with Gasteiger partial charge < -0.3 is 4.74 Å².